The van der Waals surface area contributed by atoms with E-state index in [1.54, 1.807) is 11.3 Å². The van der Waals surface area contributed by atoms with Crippen LogP contribution in [0.2, 0.25) is 0 Å². The lowest BCUT2D eigenvalue weighted by Gasteiger charge is -2.21. The minimum Gasteiger partial charge on any atom is -0.316 e. The molecule has 2 aliphatic carbocycles. The van der Waals surface area contributed by atoms with Crippen molar-refractivity contribution in [3.05, 3.63) is 21.8 Å². The third-order valence-corrected chi connectivity index (χ3v) is 9.39. The Balaban J connectivity index is 1.34. The molecule has 4 rings (SSSR count). The van der Waals surface area contributed by atoms with Crippen LogP contribution in [0.15, 0.2) is 5.16 Å². The predicted molar refractivity (Wildman–Crippen MR) is 135 cm³/mol. The molecule has 1 atom stereocenters. The molecule has 1 unspecified atom stereocenters. The second kappa shape index (κ2) is 11.5. The lowest BCUT2D eigenvalue weighted by Crippen LogP contribution is -2.15. The minimum atomic E-state index is -0.0865. The fourth-order valence-corrected chi connectivity index (χ4v) is 7.39. The third-order valence-electron chi connectivity index (χ3n) is 7.25. The molecule has 2 aromatic heterocycles. The van der Waals surface area contributed by atoms with E-state index in [0.717, 1.165) is 66.1 Å². The van der Waals surface area contributed by atoms with Gasteiger partial charge < -0.3 is 9.88 Å². The van der Waals surface area contributed by atoms with Crippen molar-refractivity contribution in [1.82, 2.24) is 14.8 Å². The second-order valence-corrected chi connectivity index (χ2v) is 11.4. The van der Waals surface area contributed by atoms with Gasteiger partial charge in [-0.2, -0.15) is 5.26 Å². The number of hydrogen-bond donors (Lipinski definition) is 1. The molecule has 0 aliphatic heterocycles. The number of hydrogen-bond acceptors (Lipinski definition) is 6. The summed E-state index contributed by atoms with van der Waals surface area (Å²) in [6.07, 6.45) is 13.2. The summed E-state index contributed by atoms with van der Waals surface area (Å²) in [5, 5.41) is 23.1. The number of aryl methyl sites for hydroxylation is 1. The summed E-state index contributed by atoms with van der Waals surface area (Å²) in [7, 11) is 0. The molecule has 2 heterocycles. The van der Waals surface area contributed by atoms with Crippen LogP contribution in [-0.2, 0) is 30.6 Å². The van der Waals surface area contributed by atoms with Crippen molar-refractivity contribution in [3.63, 3.8) is 0 Å². The van der Waals surface area contributed by atoms with Crippen molar-refractivity contribution >= 4 is 34.0 Å². The van der Waals surface area contributed by atoms with Crippen LogP contribution >= 0.6 is 23.1 Å². The number of amides is 1. The minimum absolute atomic E-state index is 0.0865. The highest BCUT2D eigenvalue weighted by Gasteiger charge is 2.26. The summed E-state index contributed by atoms with van der Waals surface area (Å²) in [4.78, 5) is 14.0. The number of nitrogens with one attached hydrogen (secondary N) is 1. The van der Waals surface area contributed by atoms with E-state index < -0.39 is 0 Å². The highest BCUT2D eigenvalue weighted by atomic mass is 32.2. The van der Waals surface area contributed by atoms with E-state index in [4.69, 9.17) is 0 Å². The molecule has 1 saturated carbocycles. The fourth-order valence-electron chi connectivity index (χ4n) is 5.24. The summed E-state index contributed by atoms with van der Waals surface area (Å²) >= 11 is 3.02. The Hall–Kier alpha value is -1.85. The Kier molecular flexibility index (Phi) is 8.48. The molecule has 178 valence electrons. The summed E-state index contributed by atoms with van der Waals surface area (Å²) in [6, 6.07) is 2.34. The number of anilines is 1. The molecule has 2 aromatic rings. The highest BCUT2D eigenvalue weighted by molar-refractivity contribution is 7.99. The molecule has 0 aromatic carbocycles. The molecule has 33 heavy (non-hydrogen) atoms. The van der Waals surface area contributed by atoms with Crippen molar-refractivity contribution in [2.24, 2.45) is 11.8 Å². The molecule has 0 bridgehead atoms. The number of nitriles is 1. The van der Waals surface area contributed by atoms with Crippen LogP contribution in [-0.4, -0.2) is 26.4 Å². The molecule has 1 amide bonds. The number of nitrogens with zero attached hydrogens (tertiary/aromatic N) is 4. The molecule has 2 aliphatic rings. The van der Waals surface area contributed by atoms with E-state index in [0.29, 0.717) is 11.5 Å². The Labute approximate surface area is 205 Å². The van der Waals surface area contributed by atoms with Crippen molar-refractivity contribution in [3.8, 4) is 6.07 Å². The van der Waals surface area contributed by atoms with Gasteiger partial charge in [0.05, 0.1) is 11.3 Å². The van der Waals surface area contributed by atoms with Gasteiger partial charge in [-0.25, -0.2) is 0 Å². The molecule has 1 fully saturated rings. The number of rotatable bonds is 9. The van der Waals surface area contributed by atoms with E-state index in [1.807, 2.05) is 0 Å². The van der Waals surface area contributed by atoms with E-state index in [9.17, 15) is 10.1 Å². The Bertz CT molecular complexity index is 999. The average Bonchev–Trinajstić information content (AvgIpc) is 3.40. The molecule has 1 N–H and O–H groups in total. The van der Waals surface area contributed by atoms with Crippen molar-refractivity contribution in [2.45, 2.75) is 96.2 Å². The largest absolute Gasteiger partial charge is 0.316 e. The lowest BCUT2D eigenvalue weighted by atomic mass is 9.86. The lowest BCUT2D eigenvalue weighted by molar-refractivity contribution is -0.113. The molecule has 6 nitrogen and oxygen atoms in total. The predicted octanol–water partition coefficient (Wildman–Crippen LogP) is 5.99. The molecule has 0 spiro atoms. The molecule has 0 radical (unpaired) electrons. The zero-order chi connectivity index (χ0) is 23.2. The third kappa shape index (κ3) is 5.81. The summed E-state index contributed by atoms with van der Waals surface area (Å²) in [6.45, 7) is 5.15. The van der Waals surface area contributed by atoms with Gasteiger partial charge >= 0.3 is 0 Å². The summed E-state index contributed by atoms with van der Waals surface area (Å²) in [5.41, 5.74) is 1.83. The zero-order valence-electron chi connectivity index (χ0n) is 19.9. The van der Waals surface area contributed by atoms with Gasteiger partial charge in [0, 0.05) is 17.8 Å². The topological polar surface area (TPSA) is 83.6 Å². The van der Waals surface area contributed by atoms with Crippen molar-refractivity contribution in [1.29, 1.82) is 5.26 Å². The normalized spacial score (nSPS) is 18.6. The number of carbonyl (C=O) groups excluding carboxylic acids is 1. The molecular weight excluding hydrogens is 450 g/mol. The van der Waals surface area contributed by atoms with Gasteiger partial charge in [0.2, 0.25) is 5.91 Å². The van der Waals surface area contributed by atoms with Gasteiger partial charge in [-0.15, -0.1) is 21.5 Å². The smallest absolute Gasteiger partial charge is 0.235 e. The second-order valence-electron chi connectivity index (χ2n) is 9.36. The first-order valence-corrected chi connectivity index (χ1v) is 14.3. The van der Waals surface area contributed by atoms with Crippen LogP contribution in [0.5, 0.6) is 0 Å². The number of carbonyl (C=O) groups is 1. The number of aromatic nitrogens is 3. The first kappa shape index (κ1) is 24.3. The quantitative estimate of drug-likeness (QED) is 0.441. The molecule has 8 heteroatoms. The maximum absolute atomic E-state index is 12.7. The number of thiophene rings is 1. The highest BCUT2D eigenvalue weighted by Crippen LogP contribution is 2.40. The van der Waals surface area contributed by atoms with E-state index in [2.05, 4.69) is 40.0 Å². The Morgan fingerprint density at radius 3 is 2.76 bits per heavy atom. The van der Waals surface area contributed by atoms with E-state index >= 15 is 0 Å². The van der Waals surface area contributed by atoms with Crippen LogP contribution < -0.4 is 5.32 Å². The SMILES string of the molecule is CCC1CCc2c(sc(NC(=O)CSc3nnc(CCC4CCCCC4)n3CC)c2C#N)C1. The maximum Gasteiger partial charge on any atom is 0.235 e. The first-order chi connectivity index (χ1) is 16.1. The van der Waals surface area contributed by atoms with Crippen molar-refractivity contribution < 1.29 is 4.79 Å². The van der Waals surface area contributed by atoms with Gasteiger partial charge in [-0.05, 0) is 50.0 Å². The average molecular weight is 486 g/mol. The Morgan fingerprint density at radius 1 is 1.21 bits per heavy atom. The number of thioether (sulfide) groups is 1. The standard InChI is InChI=1S/C25H35N5OS2/c1-3-17-10-12-19-20(15-26)24(33-21(19)14-17)27-23(31)16-32-25-29-28-22(30(25)4-2)13-11-18-8-6-5-7-9-18/h17-18H,3-14,16H2,1-2H3,(H,27,31). The van der Waals surface area contributed by atoms with Crippen LogP contribution in [0.25, 0.3) is 0 Å². The van der Waals surface area contributed by atoms with Gasteiger partial charge in [-0.1, -0.05) is 57.2 Å². The van der Waals surface area contributed by atoms with Gasteiger partial charge in [0.1, 0.15) is 16.9 Å². The van der Waals surface area contributed by atoms with E-state index in [-0.39, 0.29) is 11.7 Å². The van der Waals surface area contributed by atoms with Crippen molar-refractivity contribution in [2.75, 3.05) is 11.1 Å². The monoisotopic (exact) mass is 485 g/mol. The van der Waals surface area contributed by atoms with Gasteiger partial charge in [0.25, 0.3) is 0 Å². The summed E-state index contributed by atoms with van der Waals surface area (Å²) in [5.74, 6) is 2.73. The molecule has 0 saturated heterocycles. The van der Waals surface area contributed by atoms with Crippen LogP contribution in [0.3, 0.4) is 0 Å². The van der Waals surface area contributed by atoms with Gasteiger partial charge in [0.15, 0.2) is 5.16 Å². The first-order valence-electron chi connectivity index (χ1n) is 12.5. The van der Waals surface area contributed by atoms with Crippen LogP contribution in [0, 0.1) is 23.2 Å². The fraction of sp³-hybridized carbons (Fsp3) is 0.680. The van der Waals surface area contributed by atoms with Crippen LogP contribution in [0.1, 0.15) is 87.0 Å². The number of fused-ring (bicyclic) bond motifs is 1. The molecular formula is C25H35N5OS2. The van der Waals surface area contributed by atoms with Crippen LogP contribution in [0.4, 0.5) is 5.00 Å². The maximum atomic E-state index is 12.7. The Morgan fingerprint density at radius 2 is 2.03 bits per heavy atom. The van der Waals surface area contributed by atoms with Gasteiger partial charge in [-0.3, -0.25) is 4.79 Å². The summed E-state index contributed by atoms with van der Waals surface area (Å²) < 4.78 is 2.15. The van der Waals surface area contributed by atoms with E-state index in [1.165, 1.54) is 55.2 Å². The zero-order valence-corrected chi connectivity index (χ0v) is 21.5.